The van der Waals surface area contributed by atoms with Gasteiger partial charge in [0.15, 0.2) is 0 Å². The number of aryl methyl sites for hydroxylation is 1. The van der Waals surface area contributed by atoms with Crippen LogP contribution in [0.2, 0.25) is 0 Å². The number of rotatable bonds is 3. The van der Waals surface area contributed by atoms with Gasteiger partial charge in [0.1, 0.15) is 22.7 Å². The minimum atomic E-state index is -0.734. The molecule has 2 unspecified atom stereocenters. The van der Waals surface area contributed by atoms with Crippen LogP contribution in [-0.4, -0.2) is 52.1 Å². The number of aliphatic imine (C=N–C) groups is 1. The second-order valence-electron chi connectivity index (χ2n) is 14.2. The average Bonchev–Trinajstić information content (AvgIpc) is 2.96. The van der Waals surface area contributed by atoms with Crippen molar-refractivity contribution in [2.24, 2.45) is 4.99 Å². The highest BCUT2D eigenvalue weighted by Crippen LogP contribution is 2.41. The van der Waals surface area contributed by atoms with E-state index in [0.29, 0.717) is 42.7 Å². The summed E-state index contributed by atoms with van der Waals surface area (Å²) in [5.41, 5.74) is 1.37. The molecule has 0 radical (unpaired) electrons. The lowest BCUT2D eigenvalue weighted by Crippen LogP contribution is -2.54. The van der Waals surface area contributed by atoms with E-state index >= 15 is 0 Å². The van der Waals surface area contributed by atoms with Gasteiger partial charge in [-0.15, -0.1) is 0 Å². The zero-order valence-electron chi connectivity index (χ0n) is 28.2. The fourth-order valence-electron chi connectivity index (χ4n) is 6.52. The molecule has 4 heterocycles. The molecular formula is C36H48N4O6. The molecule has 2 atom stereocenters. The van der Waals surface area contributed by atoms with Crippen molar-refractivity contribution < 1.29 is 28.6 Å². The van der Waals surface area contributed by atoms with Gasteiger partial charge in [-0.2, -0.15) is 0 Å². The molecule has 248 valence electrons. The smallest absolute Gasteiger partial charge is 0.414 e. The summed E-state index contributed by atoms with van der Waals surface area (Å²) in [7, 11) is 0. The Morgan fingerprint density at radius 3 is 2.63 bits per heavy atom. The molecule has 0 saturated carbocycles. The molecule has 0 fully saturated rings. The van der Waals surface area contributed by atoms with Crippen molar-refractivity contribution in [2.75, 3.05) is 6.61 Å². The summed E-state index contributed by atoms with van der Waals surface area (Å²) in [6, 6.07) is 11.3. The van der Waals surface area contributed by atoms with E-state index in [1.807, 2.05) is 33.8 Å². The van der Waals surface area contributed by atoms with Crippen LogP contribution in [0, 0.1) is 0 Å². The van der Waals surface area contributed by atoms with E-state index < -0.39 is 22.8 Å². The molecule has 0 saturated heterocycles. The third kappa shape index (κ3) is 7.65. The molecule has 0 aromatic heterocycles. The predicted molar refractivity (Wildman–Crippen MR) is 176 cm³/mol. The van der Waals surface area contributed by atoms with Crippen molar-refractivity contribution in [3.05, 3.63) is 58.7 Å². The van der Waals surface area contributed by atoms with E-state index in [0.717, 1.165) is 36.1 Å². The monoisotopic (exact) mass is 632 g/mol. The third-order valence-corrected chi connectivity index (χ3v) is 8.80. The van der Waals surface area contributed by atoms with Crippen LogP contribution >= 0.6 is 0 Å². The van der Waals surface area contributed by atoms with Crippen molar-refractivity contribution in [3.8, 4) is 11.5 Å². The molecule has 2 aromatic carbocycles. The highest BCUT2D eigenvalue weighted by atomic mass is 16.6. The summed E-state index contributed by atoms with van der Waals surface area (Å²) in [4.78, 5) is 47.3. The number of nitrogens with zero attached hydrogens (tertiary/aromatic N) is 2. The Morgan fingerprint density at radius 1 is 1.13 bits per heavy atom. The quantitative estimate of drug-likeness (QED) is 0.393. The van der Waals surface area contributed by atoms with Crippen LogP contribution < -0.4 is 20.1 Å². The minimum absolute atomic E-state index is 0.0558. The number of nitrogens with one attached hydrogen (secondary N) is 2. The topological polar surface area (TPSA) is 119 Å². The first-order valence-corrected chi connectivity index (χ1v) is 16.5. The number of ether oxygens (including phenoxy) is 3. The van der Waals surface area contributed by atoms with E-state index in [2.05, 4.69) is 22.8 Å². The Balaban J connectivity index is 1.58. The molecule has 10 heteroatoms. The van der Waals surface area contributed by atoms with Crippen LogP contribution in [0.15, 0.2) is 41.4 Å². The van der Waals surface area contributed by atoms with Crippen molar-refractivity contribution in [2.45, 2.75) is 123 Å². The first-order chi connectivity index (χ1) is 21.7. The van der Waals surface area contributed by atoms with Gasteiger partial charge in [0, 0.05) is 23.1 Å². The van der Waals surface area contributed by atoms with E-state index in [1.165, 1.54) is 4.90 Å². The largest absolute Gasteiger partial charge is 0.494 e. The maximum Gasteiger partial charge on any atom is 0.414 e. The van der Waals surface area contributed by atoms with Crippen LogP contribution in [0.4, 0.5) is 4.79 Å². The van der Waals surface area contributed by atoms with Crippen molar-refractivity contribution in [1.29, 1.82) is 0 Å². The second-order valence-corrected chi connectivity index (χ2v) is 14.2. The Morgan fingerprint density at radius 2 is 1.91 bits per heavy atom. The highest BCUT2D eigenvalue weighted by Gasteiger charge is 2.41. The summed E-state index contributed by atoms with van der Waals surface area (Å²) < 4.78 is 17.8. The van der Waals surface area contributed by atoms with E-state index in [-0.39, 0.29) is 36.8 Å². The van der Waals surface area contributed by atoms with E-state index in [4.69, 9.17) is 19.2 Å². The van der Waals surface area contributed by atoms with E-state index in [1.54, 1.807) is 39.0 Å². The summed E-state index contributed by atoms with van der Waals surface area (Å²) in [6.07, 6.45) is 4.07. The average molecular weight is 633 g/mol. The standard InChI is InChI=1S/C36H48N4O6/c1-8-36-17-11-10-12-23-13-15-29-26(18-23)27(20-35(6,7)45-29)37-31(42)24-14-16-28(44-9-2)25(19-24)22-40(30(41)21-36)32(39-36)38-33(43)46-34(3,4)5/h13-16,18-19,27H,8-12,17,20-22H2,1-7H3,(H,37,42)(H,38,39,43). The van der Waals surface area contributed by atoms with Crippen molar-refractivity contribution in [1.82, 2.24) is 15.5 Å². The van der Waals surface area contributed by atoms with Gasteiger partial charge in [0.2, 0.25) is 11.9 Å². The van der Waals surface area contributed by atoms with Gasteiger partial charge in [0.25, 0.3) is 5.91 Å². The Kier molecular flexibility index (Phi) is 9.38. The lowest BCUT2D eigenvalue weighted by atomic mass is 9.84. The van der Waals surface area contributed by atoms with Crippen LogP contribution in [0.25, 0.3) is 0 Å². The molecule has 6 bridgehead atoms. The summed E-state index contributed by atoms with van der Waals surface area (Å²) >= 11 is 0. The van der Waals surface area contributed by atoms with Gasteiger partial charge in [-0.25, -0.2) is 9.79 Å². The molecule has 0 aliphatic carbocycles. The maximum atomic E-state index is 14.0. The lowest BCUT2D eigenvalue weighted by Gasteiger charge is -2.39. The van der Waals surface area contributed by atoms with Crippen LogP contribution in [0.5, 0.6) is 11.5 Å². The molecule has 2 aromatic rings. The van der Waals surface area contributed by atoms with Crippen LogP contribution in [0.3, 0.4) is 0 Å². The molecule has 4 aliphatic heterocycles. The Hall–Kier alpha value is -4.08. The molecule has 6 rings (SSSR count). The number of hydrogen-bond donors (Lipinski definition) is 2. The number of hydrogen-bond acceptors (Lipinski definition) is 7. The van der Waals surface area contributed by atoms with E-state index in [9.17, 15) is 14.4 Å². The maximum absolute atomic E-state index is 14.0. The molecule has 46 heavy (non-hydrogen) atoms. The highest BCUT2D eigenvalue weighted by molar-refractivity contribution is 6.05. The second kappa shape index (κ2) is 13.0. The predicted octanol–water partition coefficient (Wildman–Crippen LogP) is 6.61. The first kappa shape index (κ1) is 33.3. The van der Waals surface area contributed by atoms with Gasteiger partial charge in [0.05, 0.1) is 31.2 Å². The Labute approximate surface area is 272 Å². The zero-order valence-corrected chi connectivity index (χ0v) is 28.2. The lowest BCUT2D eigenvalue weighted by molar-refractivity contribution is -0.130. The number of carbonyl (C=O) groups excluding carboxylic acids is 3. The normalized spacial score (nSPS) is 22.9. The van der Waals surface area contributed by atoms with Crippen molar-refractivity contribution >= 4 is 23.9 Å². The minimum Gasteiger partial charge on any atom is -0.494 e. The van der Waals surface area contributed by atoms with Gasteiger partial charge in [-0.1, -0.05) is 25.5 Å². The number of fused-ring (bicyclic) bond motifs is 5. The van der Waals surface area contributed by atoms with Crippen LogP contribution in [-0.2, 0) is 22.5 Å². The number of guanidine groups is 1. The molecule has 4 aliphatic rings. The Bertz CT molecular complexity index is 1530. The van der Waals surface area contributed by atoms with Crippen LogP contribution in [0.1, 0.15) is 120 Å². The molecule has 2 N–H and O–H groups in total. The van der Waals surface area contributed by atoms with Crippen molar-refractivity contribution in [3.63, 3.8) is 0 Å². The molecule has 10 nitrogen and oxygen atoms in total. The molecular weight excluding hydrogens is 584 g/mol. The summed E-state index contributed by atoms with van der Waals surface area (Å²) in [5.74, 6) is 1.09. The fourth-order valence-corrected chi connectivity index (χ4v) is 6.52. The summed E-state index contributed by atoms with van der Waals surface area (Å²) in [5, 5.41) is 6.04. The zero-order chi connectivity index (χ0) is 33.3. The SMILES string of the molecule is CCOc1ccc2cc1CN1C(=O)CC(CC)(CCCCc3ccc4c(c3)C(CC(C)(C)O4)NC2=O)N=C1NC(=O)OC(C)(C)C. The van der Waals surface area contributed by atoms with Gasteiger partial charge >= 0.3 is 6.09 Å². The van der Waals surface area contributed by atoms with Gasteiger partial charge in [-0.05, 0) is 97.1 Å². The number of alkyl carbamates (subject to hydrolysis) is 1. The van der Waals surface area contributed by atoms with Gasteiger partial charge < -0.3 is 19.5 Å². The molecule has 0 spiro atoms. The molecule has 3 amide bonds. The van der Waals surface area contributed by atoms with Gasteiger partial charge in [-0.3, -0.25) is 19.8 Å². The summed E-state index contributed by atoms with van der Waals surface area (Å²) in [6.45, 7) is 13.8. The number of carbonyl (C=O) groups is 3. The number of amides is 3. The number of benzene rings is 2. The first-order valence-electron chi connectivity index (χ1n) is 16.5. The fraction of sp³-hybridized carbons (Fsp3) is 0.556. The third-order valence-electron chi connectivity index (χ3n) is 8.80.